The van der Waals surface area contributed by atoms with Crippen molar-refractivity contribution in [3.63, 3.8) is 0 Å². The lowest BCUT2D eigenvalue weighted by molar-refractivity contribution is -0.384. The lowest BCUT2D eigenvalue weighted by atomic mass is 10.2. The number of nitro groups is 1. The minimum absolute atomic E-state index is 0.0123. The number of nitriles is 1. The molecule has 0 aliphatic rings. The van der Waals surface area contributed by atoms with Crippen molar-refractivity contribution in [2.45, 2.75) is 20.4 Å². The van der Waals surface area contributed by atoms with Gasteiger partial charge >= 0.3 is 5.69 Å². The summed E-state index contributed by atoms with van der Waals surface area (Å²) in [6.45, 7) is 4.01. The number of aryl methyl sites for hydroxylation is 2. The molecule has 1 aromatic heterocycles. The Bertz CT molecular complexity index is 729. The first kappa shape index (κ1) is 14.5. The van der Waals surface area contributed by atoms with E-state index in [2.05, 4.69) is 11.2 Å². The van der Waals surface area contributed by atoms with Crippen LogP contribution in [0, 0.1) is 28.4 Å². The molecule has 2 aromatic rings. The predicted molar refractivity (Wildman–Crippen MR) is 78.5 cm³/mol. The summed E-state index contributed by atoms with van der Waals surface area (Å²) in [5, 5.41) is 24.5. The van der Waals surface area contributed by atoms with Gasteiger partial charge in [-0.1, -0.05) is 6.07 Å². The fourth-order valence-electron chi connectivity index (χ4n) is 2.23. The molecular formula is C14H15N5O2. The zero-order chi connectivity index (χ0) is 15.6. The average Bonchev–Trinajstić information content (AvgIpc) is 2.83. The Balaban J connectivity index is 2.59. The van der Waals surface area contributed by atoms with E-state index in [1.165, 1.54) is 0 Å². The molecule has 0 unspecified atom stereocenters. The fraction of sp³-hybridized carbons (Fsp3) is 0.286. The van der Waals surface area contributed by atoms with E-state index in [0.29, 0.717) is 29.3 Å². The third-order valence-electron chi connectivity index (χ3n) is 3.23. The van der Waals surface area contributed by atoms with Crippen LogP contribution in [0.3, 0.4) is 0 Å². The SMILES string of the molecule is CCn1nc(C)c([N+](=O)[O-])c1N(C)c1cccc(C#N)c1. The summed E-state index contributed by atoms with van der Waals surface area (Å²) >= 11 is 0. The third-order valence-corrected chi connectivity index (χ3v) is 3.23. The van der Waals surface area contributed by atoms with Crippen molar-refractivity contribution in [3.05, 3.63) is 45.6 Å². The second kappa shape index (κ2) is 5.63. The molecule has 0 N–H and O–H groups in total. The second-order valence-corrected chi connectivity index (χ2v) is 4.55. The van der Waals surface area contributed by atoms with Crippen LogP contribution in [-0.4, -0.2) is 21.8 Å². The average molecular weight is 285 g/mol. The highest BCUT2D eigenvalue weighted by Crippen LogP contribution is 2.35. The normalized spacial score (nSPS) is 10.2. The molecule has 7 nitrogen and oxygen atoms in total. The van der Waals surface area contributed by atoms with Gasteiger partial charge in [-0.25, -0.2) is 4.68 Å². The van der Waals surface area contributed by atoms with E-state index in [9.17, 15) is 10.1 Å². The van der Waals surface area contributed by atoms with E-state index in [0.717, 1.165) is 0 Å². The summed E-state index contributed by atoms with van der Waals surface area (Å²) in [7, 11) is 1.73. The van der Waals surface area contributed by atoms with Gasteiger partial charge in [0.1, 0.15) is 5.69 Å². The van der Waals surface area contributed by atoms with Gasteiger partial charge in [0, 0.05) is 19.3 Å². The largest absolute Gasteiger partial charge is 0.334 e. The lowest BCUT2D eigenvalue weighted by Gasteiger charge is -2.19. The Morgan fingerprint density at radius 2 is 2.24 bits per heavy atom. The molecule has 1 heterocycles. The molecule has 21 heavy (non-hydrogen) atoms. The molecule has 0 saturated heterocycles. The first-order valence-corrected chi connectivity index (χ1v) is 6.45. The minimum atomic E-state index is -0.422. The number of aromatic nitrogens is 2. The van der Waals surface area contributed by atoms with Crippen molar-refractivity contribution in [2.24, 2.45) is 0 Å². The molecule has 0 amide bonds. The maximum Gasteiger partial charge on any atom is 0.334 e. The molecule has 0 spiro atoms. The number of nitrogens with zero attached hydrogens (tertiary/aromatic N) is 5. The summed E-state index contributed by atoms with van der Waals surface area (Å²) in [6, 6.07) is 8.98. The highest BCUT2D eigenvalue weighted by atomic mass is 16.6. The molecule has 0 radical (unpaired) electrons. The minimum Gasteiger partial charge on any atom is -0.324 e. The summed E-state index contributed by atoms with van der Waals surface area (Å²) in [5.41, 5.74) is 1.56. The molecule has 108 valence electrons. The summed E-state index contributed by atoms with van der Waals surface area (Å²) in [5.74, 6) is 0.412. The molecule has 7 heteroatoms. The summed E-state index contributed by atoms with van der Waals surface area (Å²) in [4.78, 5) is 12.6. The van der Waals surface area contributed by atoms with Gasteiger partial charge in [0.15, 0.2) is 0 Å². The van der Waals surface area contributed by atoms with Crippen molar-refractivity contribution in [1.82, 2.24) is 9.78 Å². The number of hydrogen-bond donors (Lipinski definition) is 0. The maximum atomic E-state index is 11.3. The van der Waals surface area contributed by atoms with E-state index < -0.39 is 4.92 Å². The van der Waals surface area contributed by atoms with Gasteiger partial charge in [0.2, 0.25) is 5.82 Å². The molecule has 1 aromatic carbocycles. The van der Waals surface area contributed by atoms with Crippen LogP contribution >= 0.6 is 0 Å². The van der Waals surface area contributed by atoms with Gasteiger partial charge in [0.05, 0.1) is 16.6 Å². The predicted octanol–water partition coefficient (Wildman–Crippen LogP) is 2.76. The van der Waals surface area contributed by atoms with Crippen LogP contribution in [0.1, 0.15) is 18.2 Å². The fourth-order valence-corrected chi connectivity index (χ4v) is 2.23. The van der Waals surface area contributed by atoms with Crippen molar-refractivity contribution < 1.29 is 4.92 Å². The first-order chi connectivity index (χ1) is 9.99. The van der Waals surface area contributed by atoms with Gasteiger partial charge < -0.3 is 4.90 Å². The molecular weight excluding hydrogens is 270 g/mol. The molecule has 2 rings (SSSR count). The van der Waals surface area contributed by atoms with Crippen molar-refractivity contribution in [3.8, 4) is 6.07 Å². The Labute approximate surface area is 122 Å². The maximum absolute atomic E-state index is 11.3. The van der Waals surface area contributed by atoms with E-state index >= 15 is 0 Å². The highest BCUT2D eigenvalue weighted by Gasteiger charge is 2.28. The lowest BCUT2D eigenvalue weighted by Crippen LogP contribution is -2.16. The first-order valence-electron chi connectivity index (χ1n) is 6.45. The zero-order valence-corrected chi connectivity index (χ0v) is 12.1. The van der Waals surface area contributed by atoms with E-state index in [4.69, 9.17) is 5.26 Å². The number of anilines is 2. The molecule has 0 atom stereocenters. The van der Waals surface area contributed by atoms with Crippen LogP contribution in [-0.2, 0) is 6.54 Å². The Morgan fingerprint density at radius 3 is 2.81 bits per heavy atom. The van der Waals surface area contributed by atoms with Gasteiger partial charge in [-0.3, -0.25) is 10.1 Å². The second-order valence-electron chi connectivity index (χ2n) is 4.55. The highest BCUT2D eigenvalue weighted by molar-refractivity contribution is 5.70. The number of hydrogen-bond acceptors (Lipinski definition) is 5. The summed E-state index contributed by atoms with van der Waals surface area (Å²) < 4.78 is 1.59. The Kier molecular flexibility index (Phi) is 3.89. The Morgan fingerprint density at radius 1 is 1.52 bits per heavy atom. The van der Waals surface area contributed by atoms with Crippen molar-refractivity contribution >= 4 is 17.2 Å². The van der Waals surface area contributed by atoms with Crippen LogP contribution < -0.4 is 4.90 Å². The van der Waals surface area contributed by atoms with Crippen molar-refractivity contribution in [1.29, 1.82) is 5.26 Å². The molecule has 0 saturated carbocycles. The van der Waals surface area contributed by atoms with Gasteiger partial charge in [-0.2, -0.15) is 10.4 Å². The molecule has 0 bridgehead atoms. The quantitative estimate of drug-likeness (QED) is 0.636. The van der Waals surface area contributed by atoms with Gasteiger partial charge in [-0.05, 0) is 32.0 Å². The third kappa shape index (κ3) is 2.56. The monoisotopic (exact) mass is 285 g/mol. The van der Waals surface area contributed by atoms with E-state index in [-0.39, 0.29) is 5.69 Å². The van der Waals surface area contributed by atoms with Crippen LogP contribution in [0.4, 0.5) is 17.2 Å². The van der Waals surface area contributed by atoms with E-state index in [1.807, 2.05) is 6.92 Å². The number of rotatable bonds is 4. The van der Waals surface area contributed by atoms with Crippen LogP contribution in [0.25, 0.3) is 0 Å². The van der Waals surface area contributed by atoms with Crippen LogP contribution in [0.2, 0.25) is 0 Å². The smallest absolute Gasteiger partial charge is 0.324 e. The molecule has 0 fully saturated rings. The summed E-state index contributed by atoms with van der Waals surface area (Å²) in [6.07, 6.45) is 0. The standard InChI is InChI=1S/C14H15N5O2/c1-4-18-14(13(19(20)21)10(2)16-18)17(3)12-7-5-6-11(8-12)9-15/h5-8H,4H2,1-3H3. The topological polar surface area (TPSA) is 88.0 Å². The van der Waals surface area contributed by atoms with Crippen LogP contribution in [0.5, 0.6) is 0 Å². The van der Waals surface area contributed by atoms with Gasteiger partial charge in [0.25, 0.3) is 0 Å². The van der Waals surface area contributed by atoms with Crippen molar-refractivity contribution in [2.75, 3.05) is 11.9 Å². The van der Waals surface area contributed by atoms with Gasteiger partial charge in [-0.15, -0.1) is 0 Å². The number of benzene rings is 1. The molecule has 0 aliphatic heterocycles. The molecule has 0 aliphatic carbocycles. The Hall–Kier alpha value is -2.88. The zero-order valence-electron chi connectivity index (χ0n) is 12.1. The van der Waals surface area contributed by atoms with E-state index in [1.54, 1.807) is 47.8 Å². The van der Waals surface area contributed by atoms with Crippen LogP contribution in [0.15, 0.2) is 24.3 Å².